The van der Waals surface area contributed by atoms with Crippen LogP contribution in [0, 0.1) is 12.7 Å². The number of aliphatic imine (C=N–C) groups is 1. The summed E-state index contributed by atoms with van der Waals surface area (Å²) < 4.78 is 25.2. The largest absolute Gasteiger partial charge is 0.457 e. The molecule has 1 unspecified atom stereocenters. The van der Waals surface area contributed by atoms with E-state index in [9.17, 15) is 14.0 Å². The number of likely N-dealkylation sites (N-methyl/N-ethyl adjacent to an activating group) is 1. The van der Waals surface area contributed by atoms with Crippen molar-refractivity contribution in [3.8, 4) is 0 Å². The van der Waals surface area contributed by atoms with Crippen LogP contribution in [0.5, 0.6) is 0 Å². The molecule has 0 radical (unpaired) electrons. The molecule has 0 saturated heterocycles. The molecule has 250 valence electrons. The maximum absolute atomic E-state index is 14.1. The van der Waals surface area contributed by atoms with Gasteiger partial charge < -0.3 is 20.2 Å². The van der Waals surface area contributed by atoms with Gasteiger partial charge in [-0.1, -0.05) is 24.3 Å². The summed E-state index contributed by atoms with van der Waals surface area (Å²) in [5.41, 5.74) is 17.1. The minimum absolute atomic E-state index is 0.0957. The lowest BCUT2D eigenvalue weighted by Crippen LogP contribution is -2.46. The molecule has 0 bridgehead atoms. The maximum atomic E-state index is 14.1. The van der Waals surface area contributed by atoms with E-state index >= 15 is 0 Å². The van der Waals surface area contributed by atoms with Crippen molar-refractivity contribution in [2.24, 2.45) is 10.7 Å². The molecule has 0 fully saturated rings. The third kappa shape index (κ3) is 6.90. The Hall–Kier alpha value is -5.50. The van der Waals surface area contributed by atoms with Crippen LogP contribution in [0.25, 0.3) is 16.5 Å². The summed E-state index contributed by atoms with van der Waals surface area (Å²) in [5, 5.41) is 1.07. The highest BCUT2D eigenvalue weighted by Crippen LogP contribution is 2.38. The highest BCUT2D eigenvalue weighted by molar-refractivity contribution is 6.33. The standard InChI is InChI=1S/C40H39FN4O4/c1-25-9-6-7-11-32(36(25)29-13-14-34(41)26(2)19-29)28-16-17-45(5)31(21-28)24-44-37(45)38(46)48-18-8-10-30-23-43-35-15-12-27(20-33(30)35)22-40(3,4)49-39(42)47/h6-7,11-17,19-21,23-24,43H,8,10,18,22H2,1-5H3,(H-,42,47)/p+1. The van der Waals surface area contributed by atoms with Crippen LogP contribution in [0.2, 0.25) is 0 Å². The van der Waals surface area contributed by atoms with E-state index in [-0.39, 0.29) is 22.7 Å². The van der Waals surface area contributed by atoms with Gasteiger partial charge in [-0.25, -0.2) is 18.5 Å². The van der Waals surface area contributed by atoms with Gasteiger partial charge in [-0.2, -0.15) is 4.99 Å². The SMILES string of the molecule is CC1=C=CC=CC(C2=CC3=CN=C(C(=O)OCCCc4c[nH]c5ccc(CC(C)(C)OC(N)=O)cc45)[N+]3(C)C=C2)=C1c1ccc(F)c(C)c1. The molecule has 8 nitrogen and oxygen atoms in total. The number of allylic oxidation sites excluding steroid dienone is 8. The summed E-state index contributed by atoms with van der Waals surface area (Å²) in [7, 11) is 1.91. The number of amidine groups is 1. The van der Waals surface area contributed by atoms with E-state index in [1.165, 1.54) is 6.07 Å². The number of hydrogen-bond acceptors (Lipinski definition) is 5. The van der Waals surface area contributed by atoms with Gasteiger partial charge in [0.1, 0.15) is 17.6 Å². The average Bonchev–Trinajstić information content (AvgIpc) is 3.54. The molecule has 9 heteroatoms. The second-order valence-corrected chi connectivity index (χ2v) is 13.3. The number of esters is 1. The minimum atomic E-state index is -0.797. The van der Waals surface area contributed by atoms with Gasteiger partial charge in [-0.15, -0.1) is 5.73 Å². The summed E-state index contributed by atoms with van der Waals surface area (Å²) in [6.45, 7) is 7.65. The Labute approximate surface area is 285 Å². The van der Waals surface area contributed by atoms with E-state index in [1.54, 1.807) is 19.2 Å². The normalized spacial score (nSPS) is 18.5. The van der Waals surface area contributed by atoms with Crippen molar-refractivity contribution >= 4 is 34.4 Å². The molecule has 2 aromatic carbocycles. The van der Waals surface area contributed by atoms with Crippen LogP contribution in [0.3, 0.4) is 0 Å². The summed E-state index contributed by atoms with van der Waals surface area (Å²) in [5.74, 6) is -0.421. The van der Waals surface area contributed by atoms with Crippen LogP contribution in [-0.4, -0.2) is 46.6 Å². The number of benzene rings is 2. The van der Waals surface area contributed by atoms with Gasteiger partial charge in [0.05, 0.1) is 19.9 Å². The zero-order chi connectivity index (χ0) is 34.9. The quantitative estimate of drug-likeness (QED) is 0.100. The van der Waals surface area contributed by atoms with Crippen LogP contribution < -0.4 is 5.73 Å². The van der Waals surface area contributed by atoms with Gasteiger partial charge >= 0.3 is 17.9 Å². The van der Waals surface area contributed by atoms with Gasteiger partial charge in [0.15, 0.2) is 5.70 Å². The lowest BCUT2D eigenvalue weighted by Gasteiger charge is -2.29. The van der Waals surface area contributed by atoms with Crippen LogP contribution in [0.15, 0.2) is 119 Å². The number of aryl methyl sites for hydroxylation is 2. The number of amides is 1. The second-order valence-electron chi connectivity index (χ2n) is 13.3. The smallest absolute Gasteiger partial charge is 0.414 e. The number of fused-ring (bicyclic) bond motifs is 2. The lowest BCUT2D eigenvalue weighted by atomic mass is 9.88. The fourth-order valence-electron chi connectivity index (χ4n) is 6.59. The van der Waals surface area contributed by atoms with Crippen molar-refractivity contribution < 1.29 is 27.9 Å². The number of carbonyl (C=O) groups is 2. The van der Waals surface area contributed by atoms with Crippen molar-refractivity contribution in [1.82, 2.24) is 4.98 Å². The molecule has 3 N–H and O–H groups in total. The second kappa shape index (κ2) is 13.2. The Morgan fingerprint density at radius 3 is 2.71 bits per heavy atom. The van der Waals surface area contributed by atoms with E-state index in [2.05, 4.69) is 21.8 Å². The van der Waals surface area contributed by atoms with E-state index in [0.717, 1.165) is 55.6 Å². The van der Waals surface area contributed by atoms with Gasteiger partial charge in [-0.05, 0) is 110 Å². The van der Waals surface area contributed by atoms with Gasteiger partial charge in [0.2, 0.25) is 0 Å². The summed E-state index contributed by atoms with van der Waals surface area (Å²) in [4.78, 5) is 32.4. The number of rotatable bonds is 10. The first kappa shape index (κ1) is 33.4. The number of quaternary nitrogens is 1. The number of aromatic amines is 1. The molecule has 1 aromatic heterocycles. The molecule has 1 atom stereocenters. The van der Waals surface area contributed by atoms with E-state index in [0.29, 0.717) is 24.8 Å². The van der Waals surface area contributed by atoms with Crippen LogP contribution in [0.4, 0.5) is 9.18 Å². The minimum Gasteiger partial charge on any atom is -0.457 e. The lowest BCUT2D eigenvalue weighted by molar-refractivity contribution is -0.715. The average molecular weight is 660 g/mol. The number of nitrogens with zero attached hydrogens (tertiary/aromatic N) is 2. The van der Waals surface area contributed by atoms with Crippen molar-refractivity contribution in [1.29, 1.82) is 0 Å². The molecule has 0 saturated carbocycles. The van der Waals surface area contributed by atoms with E-state index in [1.807, 2.05) is 88.8 Å². The number of hydrogen-bond donors (Lipinski definition) is 2. The Bertz CT molecular complexity index is 2130. The summed E-state index contributed by atoms with van der Waals surface area (Å²) in [6.07, 6.45) is 16.6. The van der Waals surface area contributed by atoms with Crippen molar-refractivity contribution in [3.63, 3.8) is 0 Å². The predicted octanol–water partition coefficient (Wildman–Crippen LogP) is 7.79. The first-order valence-corrected chi connectivity index (χ1v) is 16.3. The monoisotopic (exact) mass is 659 g/mol. The molecular weight excluding hydrogens is 619 g/mol. The Morgan fingerprint density at radius 1 is 1.12 bits per heavy atom. The Kier molecular flexibility index (Phi) is 8.99. The molecule has 3 aliphatic rings. The van der Waals surface area contributed by atoms with Crippen LogP contribution in [-0.2, 0) is 27.1 Å². The van der Waals surface area contributed by atoms with Crippen molar-refractivity contribution in [2.75, 3.05) is 13.7 Å². The number of primary amides is 1. The number of H-pyrrole nitrogens is 1. The number of carbonyl (C=O) groups excluding carboxylic acids is 2. The molecule has 2 aliphatic heterocycles. The highest BCUT2D eigenvalue weighted by atomic mass is 19.1. The third-order valence-corrected chi connectivity index (χ3v) is 9.06. The van der Waals surface area contributed by atoms with Crippen LogP contribution >= 0.6 is 0 Å². The highest BCUT2D eigenvalue weighted by Gasteiger charge is 2.43. The zero-order valence-corrected chi connectivity index (χ0v) is 28.4. The fourth-order valence-corrected chi connectivity index (χ4v) is 6.59. The van der Waals surface area contributed by atoms with Crippen molar-refractivity contribution in [2.45, 2.75) is 52.6 Å². The van der Waals surface area contributed by atoms with E-state index in [4.69, 9.17) is 15.2 Å². The number of aromatic nitrogens is 1. The third-order valence-electron chi connectivity index (χ3n) is 9.06. The first-order valence-electron chi connectivity index (χ1n) is 16.3. The molecule has 3 aromatic rings. The Morgan fingerprint density at radius 2 is 1.94 bits per heavy atom. The number of ether oxygens (including phenoxy) is 2. The maximum Gasteiger partial charge on any atom is 0.414 e. The molecule has 3 heterocycles. The summed E-state index contributed by atoms with van der Waals surface area (Å²) in [6, 6.07) is 11.2. The fraction of sp³-hybridized carbons (Fsp3) is 0.250. The number of nitrogens with one attached hydrogen (secondary N) is 1. The number of halogens is 1. The van der Waals surface area contributed by atoms with Gasteiger partial charge in [0.25, 0.3) is 0 Å². The van der Waals surface area contributed by atoms with Crippen molar-refractivity contribution in [3.05, 3.63) is 142 Å². The predicted molar refractivity (Wildman–Crippen MR) is 189 cm³/mol. The van der Waals surface area contributed by atoms with E-state index < -0.39 is 17.7 Å². The molecule has 0 spiro atoms. The molecule has 49 heavy (non-hydrogen) atoms. The number of nitrogens with two attached hydrogens (primary N) is 1. The summed E-state index contributed by atoms with van der Waals surface area (Å²) >= 11 is 0. The molecular formula is C40H40FN4O4+. The zero-order valence-electron chi connectivity index (χ0n) is 28.4. The topological polar surface area (TPSA) is 107 Å². The molecule has 1 aliphatic carbocycles. The first-order chi connectivity index (χ1) is 23.3. The van der Waals surface area contributed by atoms with Crippen LogP contribution in [0.1, 0.15) is 49.4 Å². The Balaban J connectivity index is 1.11. The van der Waals surface area contributed by atoms with Gasteiger partial charge in [-0.3, -0.25) is 0 Å². The molecule has 1 amide bonds. The molecule has 6 rings (SSSR count). The van der Waals surface area contributed by atoms with Gasteiger partial charge in [0, 0.05) is 41.2 Å².